The number of nitrogens with two attached hydrogens (primary N) is 1. The fourth-order valence-electron chi connectivity index (χ4n) is 5.70. The Morgan fingerprint density at radius 1 is 0.795 bits per heavy atom. The summed E-state index contributed by atoms with van der Waals surface area (Å²) in [4.78, 5) is 40.9. The van der Waals surface area contributed by atoms with Crippen LogP contribution in [-0.4, -0.2) is 78.2 Å². The fraction of sp³-hybridized carbons (Fsp3) is 0.700. The first-order chi connectivity index (χ1) is 18.8. The largest absolute Gasteiger partial charge is 0.465 e. The van der Waals surface area contributed by atoms with Gasteiger partial charge in [0.05, 0.1) is 13.2 Å². The number of piperazine rings is 1. The van der Waals surface area contributed by atoms with Gasteiger partial charge in [-0.1, -0.05) is 68.9 Å². The van der Waals surface area contributed by atoms with Crippen LogP contribution >= 0.6 is 0 Å². The average molecular weight is 545 g/mol. The van der Waals surface area contributed by atoms with E-state index < -0.39 is 11.1 Å². The number of ether oxygens (including phenoxy) is 2. The molecule has 1 aromatic rings. The van der Waals surface area contributed by atoms with Gasteiger partial charge in [0.2, 0.25) is 0 Å². The molecule has 39 heavy (non-hydrogen) atoms. The van der Waals surface area contributed by atoms with Crippen molar-refractivity contribution in [2.24, 2.45) is 5.73 Å². The van der Waals surface area contributed by atoms with E-state index in [0.29, 0.717) is 39.1 Å². The molecule has 0 atom stereocenters. The zero-order valence-corrected chi connectivity index (χ0v) is 23.9. The number of esters is 2. The molecule has 2 saturated carbocycles. The molecule has 9 nitrogen and oxygen atoms in total. The molecule has 0 unspecified atom stereocenters. The number of nitrogens with one attached hydrogen (secondary N) is 1. The summed E-state index contributed by atoms with van der Waals surface area (Å²) in [6.07, 6.45) is 9.21. The molecule has 0 bridgehead atoms. The van der Waals surface area contributed by atoms with Crippen molar-refractivity contribution in [3.8, 4) is 0 Å². The second-order valence-corrected chi connectivity index (χ2v) is 11.0. The van der Waals surface area contributed by atoms with E-state index in [9.17, 15) is 14.4 Å². The number of hydrogen-bond acceptors (Lipinski definition) is 7. The maximum absolute atomic E-state index is 12.8. The molecule has 1 heterocycles. The molecule has 3 N–H and O–H groups in total. The zero-order valence-electron chi connectivity index (χ0n) is 23.9. The van der Waals surface area contributed by atoms with Crippen LogP contribution < -0.4 is 11.1 Å². The standard InChI is InChI=1S/C21H31N3O3.C9H17NO2/c1-2-27-19(25)21(11-7-4-8-12-21)22-20(26)24-15-13-23(14-16-24)17-18-9-5-3-6-10-18;1-2-12-8(11)9(10)6-4-3-5-7-9/h3,5-6,9-10H,2,4,7-8,11-17H2,1H3,(H,22,26);2-7,10H2,1H3. The molecule has 1 aromatic carbocycles. The summed E-state index contributed by atoms with van der Waals surface area (Å²) < 4.78 is 10.2. The van der Waals surface area contributed by atoms with E-state index in [2.05, 4.69) is 34.5 Å². The lowest BCUT2D eigenvalue weighted by atomic mass is 9.81. The van der Waals surface area contributed by atoms with Crippen LogP contribution in [0.4, 0.5) is 4.79 Å². The highest BCUT2D eigenvalue weighted by molar-refractivity contribution is 5.87. The SMILES string of the molecule is CCOC(=O)C1(N)CCCCC1.CCOC(=O)C1(NC(=O)N2CCN(Cc3ccccc3)CC2)CCCCC1. The Morgan fingerprint density at radius 2 is 1.33 bits per heavy atom. The van der Waals surface area contributed by atoms with Crippen LogP contribution in [0, 0.1) is 0 Å². The molecule has 0 spiro atoms. The third-order valence-electron chi connectivity index (χ3n) is 8.06. The quantitative estimate of drug-likeness (QED) is 0.499. The minimum absolute atomic E-state index is 0.135. The number of benzene rings is 1. The van der Waals surface area contributed by atoms with E-state index in [0.717, 1.165) is 64.6 Å². The molecule has 0 aromatic heterocycles. The van der Waals surface area contributed by atoms with E-state index in [1.54, 1.807) is 0 Å². The predicted octanol–water partition coefficient (Wildman–Crippen LogP) is 3.99. The maximum Gasteiger partial charge on any atom is 0.331 e. The van der Waals surface area contributed by atoms with Crippen LogP contribution in [0.5, 0.6) is 0 Å². The second kappa shape index (κ2) is 15.2. The first kappa shape index (κ1) is 30.9. The number of urea groups is 1. The van der Waals surface area contributed by atoms with Crippen LogP contribution in [0.15, 0.2) is 30.3 Å². The van der Waals surface area contributed by atoms with Gasteiger partial charge in [0.25, 0.3) is 0 Å². The van der Waals surface area contributed by atoms with Crippen molar-refractivity contribution in [2.45, 2.75) is 95.7 Å². The van der Waals surface area contributed by atoms with E-state index >= 15 is 0 Å². The molecule has 218 valence electrons. The molecule has 3 aliphatic rings. The van der Waals surface area contributed by atoms with E-state index in [4.69, 9.17) is 15.2 Å². The average Bonchev–Trinajstić information content (AvgIpc) is 2.95. The lowest BCUT2D eigenvalue weighted by molar-refractivity contribution is -0.152. The Balaban J connectivity index is 0.000000293. The summed E-state index contributed by atoms with van der Waals surface area (Å²) in [5, 5.41) is 3.05. The topological polar surface area (TPSA) is 114 Å². The van der Waals surface area contributed by atoms with Gasteiger partial charge in [-0.15, -0.1) is 0 Å². The lowest BCUT2D eigenvalue weighted by Crippen LogP contribution is -2.61. The van der Waals surface area contributed by atoms with Gasteiger partial charge in [0.15, 0.2) is 0 Å². The molecule has 1 aliphatic heterocycles. The maximum atomic E-state index is 12.8. The summed E-state index contributed by atoms with van der Waals surface area (Å²) in [5.41, 5.74) is 5.69. The van der Waals surface area contributed by atoms with Crippen LogP contribution in [-0.2, 0) is 25.6 Å². The normalized spacial score (nSPS) is 20.6. The Bertz CT molecular complexity index is 905. The van der Waals surface area contributed by atoms with Crippen LogP contribution in [0.3, 0.4) is 0 Å². The van der Waals surface area contributed by atoms with Gasteiger partial charge in [-0.25, -0.2) is 9.59 Å². The van der Waals surface area contributed by atoms with Gasteiger partial charge < -0.3 is 25.4 Å². The Hall–Kier alpha value is -2.65. The smallest absolute Gasteiger partial charge is 0.331 e. The Kier molecular flexibility index (Phi) is 12.1. The van der Waals surface area contributed by atoms with Crippen LogP contribution in [0.2, 0.25) is 0 Å². The van der Waals surface area contributed by atoms with Crippen molar-refractivity contribution in [1.29, 1.82) is 0 Å². The number of carbonyl (C=O) groups is 3. The van der Waals surface area contributed by atoms with Gasteiger partial charge in [0.1, 0.15) is 11.1 Å². The predicted molar refractivity (Wildman–Crippen MR) is 151 cm³/mol. The van der Waals surface area contributed by atoms with Crippen molar-refractivity contribution in [1.82, 2.24) is 15.1 Å². The second-order valence-electron chi connectivity index (χ2n) is 11.0. The number of nitrogens with zero attached hydrogens (tertiary/aromatic N) is 2. The minimum Gasteiger partial charge on any atom is -0.465 e. The summed E-state index contributed by atoms with van der Waals surface area (Å²) in [6.45, 7) is 8.33. The summed E-state index contributed by atoms with van der Waals surface area (Å²) >= 11 is 0. The molecule has 9 heteroatoms. The molecule has 2 aliphatic carbocycles. The van der Waals surface area contributed by atoms with Gasteiger partial charge in [0, 0.05) is 32.7 Å². The van der Waals surface area contributed by atoms with E-state index in [1.807, 2.05) is 24.8 Å². The first-order valence-electron chi connectivity index (χ1n) is 14.8. The molecule has 3 fully saturated rings. The highest BCUT2D eigenvalue weighted by Gasteiger charge is 2.43. The van der Waals surface area contributed by atoms with Crippen molar-refractivity contribution >= 4 is 18.0 Å². The van der Waals surface area contributed by atoms with Crippen molar-refractivity contribution in [2.75, 3.05) is 39.4 Å². The van der Waals surface area contributed by atoms with Crippen molar-refractivity contribution in [3.05, 3.63) is 35.9 Å². The number of hydrogen-bond donors (Lipinski definition) is 2. The summed E-state index contributed by atoms with van der Waals surface area (Å²) in [6, 6.07) is 10.3. The number of rotatable bonds is 7. The fourth-order valence-corrected chi connectivity index (χ4v) is 5.70. The molecular weight excluding hydrogens is 496 g/mol. The van der Waals surface area contributed by atoms with Crippen LogP contribution in [0.25, 0.3) is 0 Å². The molecule has 4 rings (SSSR count). The minimum atomic E-state index is -0.841. The van der Waals surface area contributed by atoms with E-state index in [1.165, 1.54) is 12.0 Å². The van der Waals surface area contributed by atoms with Gasteiger partial charge >= 0.3 is 18.0 Å². The summed E-state index contributed by atoms with van der Waals surface area (Å²) in [7, 11) is 0. The number of carbonyl (C=O) groups excluding carboxylic acids is 3. The molecule has 2 amide bonds. The zero-order chi connectivity index (χ0) is 28.1. The lowest BCUT2D eigenvalue weighted by Gasteiger charge is -2.39. The summed E-state index contributed by atoms with van der Waals surface area (Å²) in [5.74, 6) is -0.495. The van der Waals surface area contributed by atoms with Gasteiger partial charge in [-0.05, 0) is 45.1 Å². The van der Waals surface area contributed by atoms with Gasteiger partial charge in [-0.2, -0.15) is 0 Å². The Labute approximate surface area is 233 Å². The van der Waals surface area contributed by atoms with Gasteiger partial charge in [-0.3, -0.25) is 9.69 Å². The van der Waals surface area contributed by atoms with Crippen LogP contribution in [0.1, 0.15) is 83.6 Å². The number of amides is 2. The van der Waals surface area contributed by atoms with Crippen molar-refractivity contribution in [3.63, 3.8) is 0 Å². The third-order valence-corrected chi connectivity index (χ3v) is 8.06. The first-order valence-corrected chi connectivity index (χ1v) is 14.8. The van der Waals surface area contributed by atoms with Crippen molar-refractivity contribution < 1.29 is 23.9 Å². The highest BCUT2D eigenvalue weighted by atomic mass is 16.5. The Morgan fingerprint density at radius 3 is 1.90 bits per heavy atom. The molecule has 0 radical (unpaired) electrons. The highest BCUT2D eigenvalue weighted by Crippen LogP contribution is 2.30. The molecular formula is C30H48N4O5. The third kappa shape index (κ3) is 8.93. The van der Waals surface area contributed by atoms with E-state index in [-0.39, 0.29) is 18.0 Å². The monoisotopic (exact) mass is 544 g/mol. The molecule has 1 saturated heterocycles.